The molecule has 0 N–H and O–H groups in total. The average Bonchev–Trinajstić information content (AvgIpc) is 2.61. The summed E-state index contributed by atoms with van der Waals surface area (Å²) in [6, 6.07) is 2.05. The van der Waals surface area contributed by atoms with Gasteiger partial charge in [-0.15, -0.1) is 11.3 Å². The zero-order valence-electron chi connectivity index (χ0n) is 8.66. The largest absolute Gasteiger partial charge is 0.469 e. The predicted molar refractivity (Wildman–Crippen MR) is 69.4 cm³/mol. The number of thioether (sulfide) groups is 1. The highest BCUT2D eigenvalue weighted by atomic mass is 79.9. The summed E-state index contributed by atoms with van der Waals surface area (Å²) in [5.74, 6) is 0.802. The van der Waals surface area contributed by atoms with Crippen LogP contribution in [0.5, 0.6) is 0 Å². The van der Waals surface area contributed by atoms with Crippen molar-refractivity contribution in [2.24, 2.45) is 0 Å². The molecule has 0 spiro atoms. The quantitative estimate of drug-likeness (QED) is 0.776. The van der Waals surface area contributed by atoms with Crippen LogP contribution in [0.3, 0.4) is 0 Å². The van der Waals surface area contributed by atoms with Gasteiger partial charge in [-0.25, -0.2) is 0 Å². The van der Waals surface area contributed by atoms with E-state index < -0.39 is 0 Å². The van der Waals surface area contributed by atoms with E-state index in [0.29, 0.717) is 11.7 Å². The van der Waals surface area contributed by atoms with E-state index in [0.717, 1.165) is 10.2 Å². The van der Waals surface area contributed by atoms with Crippen molar-refractivity contribution in [3.8, 4) is 0 Å². The molecule has 0 fully saturated rings. The van der Waals surface area contributed by atoms with Gasteiger partial charge in [0.2, 0.25) is 0 Å². The number of halogens is 1. The van der Waals surface area contributed by atoms with Gasteiger partial charge in [0.1, 0.15) is 0 Å². The highest BCUT2D eigenvalue weighted by Gasteiger charge is 2.10. The Kier molecular flexibility index (Phi) is 5.71. The van der Waals surface area contributed by atoms with Gasteiger partial charge < -0.3 is 4.74 Å². The molecule has 0 aliphatic carbocycles. The highest BCUT2D eigenvalue weighted by molar-refractivity contribution is 9.10. The topological polar surface area (TPSA) is 26.3 Å². The van der Waals surface area contributed by atoms with Crippen LogP contribution >= 0.6 is 39.0 Å². The van der Waals surface area contributed by atoms with Crippen LogP contribution in [0.2, 0.25) is 0 Å². The fourth-order valence-electron chi connectivity index (χ4n) is 1.02. The zero-order valence-corrected chi connectivity index (χ0v) is 11.9. The van der Waals surface area contributed by atoms with Crippen LogP contribution in [-0.2, 0) is 15.3 Å². The first-order chi connectivity index (χ1) is 7.13. The lowest BCUT2D eigenvalue weighted by atomic mass is 10.3. The molecule has 15 heavy (non-hydrogen) atoms. The van der Waals surface area contributed by atoms with Gasteiger partial charge in [0.25, 0.3) is 0 Å². The van der Waals surface area contributed by atoms with Crippen LogP contribution in [0.25, 0.3) is 0 Å². The second-order valence-electron chi connectivity index (χ2n) is 3.09. The standard InChI is InChI=1S/C10H13BrO2S2/c1-7(5-10(12)13-2)15-6-9-8(11)3-4-14-9/h3-4,7H,5-6H2,1-2H3. The normalized spacial score (nSPS) is 12.5. The molecule has 1 atom stereocenters. The number of hydrogen-bond acceptors (Lipinski definition) is 4. The summed E-state index contributed by atoms with van der Waals surface area (Å²) in [6.07, 6.45) is 0.476. The van der Waals surface area contributed by atoms with Gasteiger partial charge in [-0.2, -0.15) is 11.8 Å². The summed E-state index contributed by atoms with van der Waals surface area (Å²) in [4.78, 5) is 12.3. The van der Waals surface area contributed by atoms with Crippen molar-refractivity contribution in [2.75, 3.05) is 7.11 Å². The van der Waals surface area contributed by atoms with Crippen LogP contribution in [0, 0.1) is 0 Å². The predicted octanol–water partition coefficient (Wildman–Crippen LogP) is 3.70. The van der Waals surface area contributed by atoms with E-state index in [1.807, 2.05) is 13.0 Å². The Morgan fingerprint density at radius 3 is 3.00 bits per heavy atom. The third-order valence-electron chi connectivity index (χ3n) is 1.87. The van der Waals surface area contributed by atoms with Crippen LogP contribution in [0.15, 0.2) is 15.9 Å². The Morgan fingerprint density at radius 1 is 1.73 bits per heavy atom. The van der Waals surface area contributed by atoms with Crippen LogP contribution in [0.1, 0.15) is 18.2 Å². The second-order valence-corrected chi connectivity index (χ2v) is 6.38. The first kappa shape index (κ1) is 13.1. The van der Waals surface area contributed by atoms with Gasteiger partial charge in [-0.1, -0.05) is 6.92 Å². The lowest BCUT2D eigenvalue weighted by molar-refractivity contribution is -0.140. The molecule has 5 heteroatoms. The molecule has 0 saturated heterocycles. The fourth-order valence-corrected chi connectivity index (χ4v) is 3.81. The summed E-state index contributed by atoms with van der Waals surface area (Å²) in [5.41, 5.74) is 0. The number of rotatable bonds is 5. The summed E-state index contributed by atoms with van der Waals surface area (Å²) in [5, 5.41) is 2.36. The van der Waals surface area contributed by atoms with E-state index in [-0.39, 0.29) is 5.97 Å². The maximum absolute atomic E-state index is 11.0. The molecule has 0 aliphatic rings. The smallest absolute Gasteiger partial charge is 0.306 e. The van der Waals surface area contributed by atoms with Crippen molar-refractivity contribution in [3.05, 3.63) is 20.8 Å². The number of methoxy groups -OCH3 is 1. The molecule has 1 unspecified atom stereocenters. The van der Waals surface area contributed by atoms with E-state index in [1.54, 1.807) is 23.1 Å². The molecule has 1 aromatic heterocycles. The van der Waals surface area contributed by atoms with Crippen molar-refractivity contribution in [1.82, 2.24) is 0 Å². The van der Waals surface area contributed by atoms with E-state index in [9.17, 15) is 4.79 Å². The summed E-state index contributed by atoms with van der Waals surface area (Å²) in [7, 11) is 1.43. The Labute approximate surface area is 107 Å². The van der Waals surface area contributed by atoms with Gasteiger partial charge in [0, 0.05) is 20.4 Å². The molecule has 1 heterocycles. The van der Waals surface area contributed by atoms with E-state index in [1.165, 1.54) is 12.0 Å². The van der Waals surface area contributed by atoms with Crippen LogP contribution < -0.4 is 0 Å². The minimum absolute atomic E-state index is 0.139. The summed E-state index contributed by atoms with van der Waals surface area (Å²) in [6.45, 7) is 2.04. The molecule has 2 nitrogen and oxygen atoms in total. The van der Waals surface area contributed by atoms with Crippen LogP contribution in [0.4, 0.5) is 0 Å². The Hall–Kier alpha value is -0.000000000000000111. The van der Waals surface area contributed by atoms with Crippen molar-refractivity contribution < 1.29 is 9.53 Å². The molecule has 1 rings (SSSR count). The Balaban J connectivity index is 2.31. The number of thiophene rings is 1. The molecule has 0 bridgehead atoms. The Morgan fingerprint density at radius 2 is 2.47 bits per heavy atom. The minimum Gasteiger partial charge on any atom is -0.469 e. The van der Waals surface area contributed by atoms with E-state index in [4.69, 9.17) is 0 Å². The van der Waals surface area contributed by atoms with Crippen molar-refractivity contribution >= 4 is 45.0 Å². The van der Waals surface area contributed by atoms with Crippen LogP contribution in [-0.4, -0.2) is 18.3 Å². The van der Waals surface area contributed by atoms with E-state index >= 15 is 0 Å². The van der Waals surface area contributed by atoms with Crippen molar-refractivity contribution in [2.45, 2.75) is 24.3 Å². The minimum atomic E-state index is -0.139. The highest BCUT2D eigenvalue weighted by Crippen LogP contribution is 2.29. The average molecular weight is 309 g/mol. The molecular weight excluding hydrogens is 296 g/mol. The number of esters is 1. The first-order valence-corrected chi connectivity index (χ1v) is 7.26. The maximum Gasteiger partial charge on any atom is 0.306 e. The summed E-state index contributed by atoms with van der Waals surface area (Å²) < 4.78 is 5.78. The SMILES string of the molecule is COC(=O)CC(C)SCc1sccc1Br. The second kappa shape index (κ2) is 6.55. The van der Waals surface area contributed by atoms with Gasteiger partial charge in [-0.05, 0) is 27.4 Å². The lowest BCUT2D eigenvalue weighted by Gasteiger charge is -2.08. The van der Waals surface area contributed by atoms with Gasteiger partial charge in [0.05, 0.1) is 13.5 Å². The van der Waals surface area contributed by atoms with E-state index in [2.05, 4.69) is 26.0 Å². The number of ether oxygens (including phenoxy) is 1. The van der Waals surface area contributed by atoms with Gasteiger partial charge >= 0.3 is 5.97 Å². The molecule has 84 valence electrons. The Bertz CT molecular complexity index is 325. The summed E-state index contributed by atoms with van der Waals surface area (Å²) >= 11 is 6.99. The molecule has 0 amide bonds. The first-order valence-electron chi connectivity index (χ1n) is 4.53. The number of carbonyl (C=O) groups is 1. The number of carbonyl (C=O) groups excluding carboxylic acids is 1. The number of hydrogen-bond donors (Lipinski definition) is 0. The molecule has 0 aliphatic heterocycles. The van der Waals surface area contributed by atoms with Gasteiger partial charge in [0.15, 0.2) is 0 Å². The third-order valence-corrected chi connectivity index (χ3v) is 5.17. The monoisotopic (exact) mass is 308 g/mol. The fraction of sp³-hybridized carbons (Fsp3) is 0.500. The zero-order chi connectivity index (χ0) is 11.3. The molecular formula is C10H13BrO2S2. The molecule has 0 radical (unpaired) electrons. The third kappa shape index (κ3) is 4.57. The molecule has 0 saturated carbocycles. The van der Waals surface area contributed by atoms with Gasteiger partial charge in [-0.3, -0.25) is 4.79 Å². The lowest BCUT2D eigenvalue weighted by Crippen LogP contribution is -2.08. The van der Waals surface area contributed by atoms with Crippen molar-refractivity contribution in [1.29, 1.82) is 0 Å². The molecule has 1 aromatic rings. The molecule has 0 aromatic carbocycles. The van der Waals surface area contributed by atoms with Crippen molar-refractivity contribution in [3.63, 3.8) is 0 Å². The maximum atomic E-state index is 11.0.